The summed E-state index contributed by atoms with van der Waals surface area (Å²) in [5.74, 6) is -0.919. The van der Waals surface area contributed by atoms with Crippen molar-refractivity contribution in [3.63, 3.8) is 0 Å². The Morgan fingerprint density at radius 2 is 1.86 bits per heavy atom. The first kappa shape index (κ1) is 17.9. The van der Waals surface area contributed by atoms with E-state index >= 15 is 0 Å². The first-order valence-electron chi connectivity index (χ1n) is 6.97. The number of rotatable bonds is 4. The van der Waals surface area contributed by atoms with E-state index in [9.17, 15) is 13.6 Å². The van der Waals surface area contributed by atoms with Gasteiger partial charge in [-0.25, -0.2) is 8.78 Å². The molecule has 1 saturated heterocycles. The second-order valence-corrected chi connectivity index (χ2v) is 5.26. The maximum absolute atomic E-state index is 13.5. The number of hydrogen-bond acceptors (Lipinski definition) is 2. The summed E-state index contributed by atoms with van der Waals surface area (Å²) in [5.41, 5.74) is -0.130. The van der Waals surface area contributed by atoms with Crippen molar-refractivity contribution in [1.82, 2.24) is 10.2 Å². The molecular formula is C15H21ClF2N2O. The summed E-state index contributed by atoms with van der Waals surface area (Å²) in [6.07, 6.45) is 1.67. The highest BCUT2D eigenvalue weighted by molar-refractivity contribution is 5.85. The van der Waals surface area contributed by atoms with Crippen molar-refractivity contribution in [3.8, 4) is 0 Å². The van der Waals surface area contributed by atoms with Crippen LogP contribution in [0.3, 0.4) is 0 Å². The minimum absolute atomic E-state index is 0. The normalized spacial score (nSPS) is 15.7. The summed E-state index contributed by atoms with van der Waals surface area (Å²) in [7, 11) is 1.92. The van der Waals surface area contributed by atoms with E-state index in [-0.39, 0.29) is 30.3 Å². The summed E-state index contributed by atoms with van der Waals surface area (Å²) < 4.78 is 27.0. The van der Waals surface area contributed by atoms with Gasteiger partial charge in [-0.3, -0.25) is 4.79 Å². The van der Waals surface area contributed by atoms with Crippen molar-refractivity contribution >= 4 is 18.3 Å². The van der Waals surface area contributed by atoms with Crippen LogP contribution in [-0.2, 0) is 11.2 Å². The highest BCUT2D eigenvalue weighted by atomic mass is 35.5. The van der Waals surface area contributed by atoms with Crippen LogP contribution in [0.5, 0.6) is 0 Å². The van der Waals surface area contributed by atoms with E-state index in [0.29, 0.717) is 19.0 Å². The number of carbonyl (C=O) groups is 1. The third kappa shape index (κ3) is 4.64. The van der Waals surface area contributed by atoms with Gasteiger partial charge in [0.1, 0.15) is 11.6 Å². The van der Waals surface area contributed by atoms with E-state index in [1.165, 1.54) is 18.2 Å². The molecule has 6 heteroatoms. The smallest absolute Gasteiger partial charge is 0.227 e. The Morgan fingerprint density at radius 3 is 2.38 bits per heavy atom. The minimum atomic E-state index is -0.650. The van der Waals surface area contributed by atoms with Crippen LogP contribution in [0.15, 0.2) is 18.2 Å². The van der Waals surface area contributed by atoms with Gasteiger partial charge in [-0.15, -0.1) is 12.4 Å². The van der Waals surface area contributed by atoms with Crippen LogP contribution in [0.25, 0.3) is 0 Å². The van der Waals surface area contributed by atoms with Crippen molar-refractivity contribution in [3.05, 3.63) is 35.4 Å². The van der Waals surface area contributed by atoms with Crippen LogP contribution in [0, 0.1) is 17.6 Å². The molecule has 1 aliphatic rings. The average Bonchev–Trinajstić information content (AvgIpc) is 2.44. The summed E-state index contributed by atoms with van der Waals surface area (Å²) in [6.45, 7) is 2.28. The molecule has 1 N–H and O–H groups in total. The van der Waals surface area contributed by atoms with Crippen LogP contribution in [-0.4, -0.2) is 37.5 Å². The third-order valence-corrected chi connectivity index (χ3v) is 3.85. The molecule has 1 aliphatic heterocycles. The number of nitrogens with zero attached hydrogens (tertiary/aromatic N) is 1. The molecule has 1 aromatic rings. The van der Waals surface area contributed by atoms with Crippen LogP contribution in [0.4, 0.5) is 8.78 Å². The second kappa shape index (κ2) is 8.29. The molecule has 0 saturated carbocycles. The van der Waals surface area contributed by atoms with Gasteiger partial charge in [0.15, 0.2) is 0 Å². The molecular weight excluding hydrogens is 298 g/mol. The quantitative estimate of drug-likeness (QED) is 0.924. The first-order valence-corrected chi connectivity index (χ1v) is 6.97. The predicted molar refractivity (Wildman–Crippen MR) is 80.5 cm³/mol. The number of hydrogen-bond donors (Lipinski definition) is 1. The Labute approximate surface area is 130 Å². The van der Waals surface area contributed by atoms with E-state index < -0.39 is 11.6 Å². The lowest BCUT2D eigenvalue weighted by Gasteiger charge is -2.32. The van der Waals surface area contributed by atoms with E-state index in [0.717, 1.165) is 19.4 Å². The molecule has 1 fully saturated rings. The molecule has 0 unspecified atom stereocenters. The van der Waals surface area contributed by atoms with Crippen LogP contribution >= 0.6 is 12.4 Å². The number of carbonyl (C=O) groups excluding carboxylic acids is 1. The molecule has 118 valence electrons. The van der Waals surface area contributed by atoms with Gasteiger partial charge in [0.2, 0.25) is 5.91 Å². The molecule has 0 aliphatic carbocycles. The second-order valence-electron chi connectivity index (χ2n) is 5.26. The molecule has 0 radical (unpaired) electrons. The number of halogens is 3. The van der Waals surface area contributed by atoms with Gasteiger partial charge in [0.05, 0.1) is 6.42 Å². The Hall–Kier alpha value is -1.20. The zero-order valence-corrected chi connectivity index (χ0v) is 12.9. The van der Waals surface area contributed by atoms with E-state index in [1.54, 1.807) is 4.90 Å². The highest BCUT2D eigenvalue weighted by Gasteiger charge is 2.23. The van der Waals surface area contributed by atoms with Gasteiger partial charge in [0.25, 0.3) is 0 Å². The molecule has 0 bridgehead atoms. The summed E-state index contributed by atoms with van der Waals surface area (Å²) in [5, 5.41) is 3.13. The summed E-state index contributed by atoms with van der Waals surface area (Å²) in [6, 6.07) is 3.68. The van der Waals surface area contributed by atoms with Crippen LogP contribution in [0.1, 0.15) is 18.4 Å². The number of likely N-dealkylation sites (tertiary alicyclic amines) is 1. The third-order valence-electron chi connectivity index (χ3n) is 3.85. The van der Waals surface area contributed by atoms with Crippen molar-refractivity contribution in [1.29, 1.82) is 0 Å². The van der Waals surface area contributed by atoms with Crippen molar-refractivity contribution in [2.24, 2.45) is 5.92 Å². The van der Waals surface area contributed by atoms with E-state index in [4.69, 9.17) is 0 Å². The fourth-order valence-corrected chi connectivity index (χ4v) is 2.64. The molecule has 1 aromatic carbocycles. The lowest BCUT2D eigenvalue weighted by Crippen LogP contribution is -2.41. The number of nitrogens with one attached hydrogen (secondary N) is 1. The Balaban J connectivity index is 0.00000220. The first-order chi connectivity index (χ1) is 9.61. The summed E-state index contributed by atoms with van der Waals surface area (Å²) in [4.78, 5) is 13.8. The van der Waals surface area contributed by atoms with Gasteiger partial charge in [-0.2, -0.15) is 0 Å². The van der Waals surface area contributed by atoms with Gasteiger partial charge < -0.3 is 10.2 Å². The Bertz CT molecular complexity index is 456. The largest absolute Gasteiger partial charge is 0.342 e. The maximum Gasteiger partial charge on any atom is 0.227 e. The standard InChI is InChI=1S/C15H20F2N2O.ClH/c1-18-10-11-5-7-19(8-6-11)15(20)9-12-13(16)3-2-4-14(12)17;/h2-4,11,18H,5-10H2,1H3;1H. The van der Waals surface area contributed by atoms with Crippen molar-refractivity contribution < 1.29 is 13.6 Å². The number of piperidine rings is 1. The number of amides is 1. The van der Waals surface area contributed by atoms with Crippen LogP contribution < -0.4 is 5.32 Å². The summed E-state index contributed by atoms with van der Waals surface area (Å²) >= 11 is 0. The Kier molecular flexibility index (Phi) is 7.05. The van der Waals surface area contributed by atoms with E-state index in [1.807, 2.05) is 7.05 Å². The predicted octanol–water partition coefficient (Wildman–Crippen LogP) is 2.39. The minimum Gasteiger partial charge on any atom is -0.342 e. The van der Waals surface area contributed by atoms with E-state index in [2.05, 4.69) is 5.32 Å². The topological polar surface area (TPSA) is 32.3 Å². The lowest BCUT2D eigenvalue weighted by molar-refractivity contribution is -0.131. The Morgan fingerprint density at radius 1 is 1.29 bits per heavy atom. The molecule has 0 atom stereocenters. The van der Waals surface area contributed by atoms with Gasteiger partial charge >= 0.3 is 0 Å². The van der Waals surface area contributed by atoms with Gasteiger partial charge in [-0.05, 0) is 44.5 Å². The molecule has 1 amide bonds. The fourth-order valence-electron chi connectivity index (χ4n) is 2.64. The van der Waals surface area contributed by atoms with Gasteiger partial charge in [0, 0.05) is 18.7 Å². The molecule has 1 heterocycles. The zero-order valence-electron chi connectivity index (χ0n) is 12.1. The van der Waals surface area contributed by atoms with Crippen molar-refractivity contribution in [2.75, 3.05) is 26.7 Å². The number of benzene rings is 1. The van der Waals surface area contributed by atoms with Crippen LogP contribution in [0.2, 0.25) is 0 Å². The molecule has 21 heavy (non-hydrogen) atoms. The average molecular weight is 319 g/mol. The zero-order chi connectivity index (χ0) is 14.5. The maximum atomic E-state index is 13.5. The molecule has 0 aromatic heterocycles. The van der Waals surface area contributed by atoms with Gasteiger partial charge in [-0.1, -0.05) is 6.07 Å². The highest BCUT2D eigenvalue weighted by Crippen LogP contribution is 2.19. The fraction of sp³-hybridized carbons (Fsp3) is 0.533. The lowest BCUT2D eigenvalue weighted by atomic mass is 9.96. The molecule has 0 spiro atoms. The molecule has 2 rings (SSSR count). The SMILES string of the molecule is CNCC1CCN(C(=O)Cc2c(F)cccc2F)CC1.Cl. The van der Waals surface area contributed by atoms with Crippen molar-refractivity contribution in [2.45, 2.75) is 19.3 Å². The monoisotopic (exact) mass is 318 g/mol. The molecule has 3 nitrogen and oxygen atoms in total.